The molecule has 0 saturated heterocycles. The Hall–Kier alpha value is -4.42. The standard InChI is InChI=1S/C38H43F3IN7O2/c1-6-34(48(44-3)32-21-15-27(24-43)16-22-32)35-26(2)46(33-14-10-13-29(23-33)38(39,40)41)37(51)47(35)36(50)45-31-19-17-30(18-20-31)42-49(4,5)25-28-11-8-7-9-12-28/h6-13,15-17,21-22,29,31,33H,3,14,18-20,23,25H2,1-2,4-5H3,(H,45,50)/b34-6-/t29?,31-,33?/m0/s1. The molecule has 2 aliphatic carbocycles. The molecule has 0 saturated carbocycles. The maximum atomic E-state index is 14.3. The van der Waals surface area contributed by atoms with Gasteiger partial charge in [-0.1, -0.05) is 6.08 Å². The Bertz CT molecular complexity index is 1940. The summed E-state index contributed by atoms with van der Waals surface area (Å²) < 4.78 is 46.1. The summed E-state index contributed by atoms with van der Waals surface area (Å²) in [4.78, 5) is 28.5. The third kappa shape index (κ3) is 8.73. The number of hydrogen-bond acceptors (Lipinski definition) is 5. The molecule has 1 amide bonds. The fraction of sp³-hybridized carbons (Fsp3) is 0.368. The maximum absolute atomic E-state index is 14.3. The van der Waals surface area contributed by atoms with Crippen LogP contribution in [0.25, 0.3) is 5.70 Å². The van der Waals surface area contributed by atoms with E-state index in [2.05, 4.69) is 67.6 Å². The number of aromatic nitrogens is 2. The van der Waals surface area contributed by atoms with E-state index in [1.165, 1.54) is 24.8 Å². The van der Waals surface area contributed by atoms with Gasteiger partial charge in [0, 0.05) is 0 Å². The molecular formula is C38H43F3IN7O2. The van der Waals surface area contributed by atoms with Crippen molar-refractivity contribution < 1.29 is 42.1 Å². The van der Waals surface area contributed by atoms with E-state index in [0.717, 1.165) is 26.3 Å². The van der Waals surface area contributed by atoms with Gasteiger partial charge in [-0.05, 0) is 12.1 Å². The van der Waals surface area contributed by atoms with Gasteiger partial charge in [0.1, 0.15) is 0 Å². The first-order chi connectivity index (χ1) is 24.3. The predicted molar refractivity (Wildman–Crippen MR) is 189 cm³/mol. The molecule has 2 unspecified atom stereocenters. The number of benzene rings is 2. The SMILES string of the molecule is C=NN(/C(=C\C)c1c(C)n(C2CC=CC(C(F)(F)F)C2)c(=O)n1C(=O)N[C@H]1CC=C([I-][N+](C)(C)Cc2ccccc2)CC1)c1ccc(C#N)cc1. The molecule has 1 N–H and O–H groups in total. The number of allylic oxidation sites excluding steroid dienone is 4. The molecule has 1 heterocycles. The average molecular weight is 814 g/mol. The molecule has 0 bridgehead atoms. The molecule has 0 radical (unpaired) electrons. The third-order valence-corrected chi connectivity index (χ3v) is 12.4. The average Bonchev–Trinajstić information content (AvgIpc) is 3.36. The van der Waals surface area contributed by atoms with Crippen molar-refractivity contribution in [3.8, 4) is 6.07 Å². The summed E-state index contributed by atoms with van der Waals surface area (Å²) in [5, 5.41) is 18.0. The number of hydrogen-bond donors (Lipinski definition) is 1. The number of rotatable bonds is 10. The number of nitrogens with zero attached hydrogens (tertiary/aromatic N) is 6. The van der Waals surface area contributed by atoms with Crippen molar-refractivity contribution in [3.05, 3.63) is 115 Å². The molecule has 13 heteroatoms. The normalized spacial score (nSPS) is 19.7. The van der Waals surface area contributed by atoms with Gasteiger partial charge in [0.2, 0.25) is 0 Å². The zero-order valence-corrected chi connectivity index (χ0v) is 31.4. The Morgan fingerprint density at radius 2 is 1.88 bits per heavy atom. The van der Waals surface area contributed by atoms with Gasteiger partial charge in [0.15, 0.2) is 0 Å². The summed E-state index contributed by atoms with van der Waals surface area (Å²) >= 11 is -0.338. The number of nitrogens with one attached hydrogen (secondary N) is 1. The van der Waals surface area contributed by atoms with E-state index in [1.54, 1.807) is 44.2 Å². The number of alkyl halides is 3. The van der Waals surface area contributed by atoms with E-state index in [9.17, 15) is 28.0 Å². The van der Waals surface area contributed by atoms with Crippen molar-refractivity contribution in [2.75, 3.05) is 19.1 Å². The van der Waals surface area contributed by atoms with Gasteiger partial charge in [-0.25, -0.2) is 0 Å². The molecule has 3 atom stereocenters. The molecule has 1 aromatic heterocycles. The van der Waals surface area contributed by atoms with E-state index < -0.39 is 29.9 Å². The second-order valence-corrected chi connectivity index (χ2v) is 17.7. The van der Waals surface area contributed by atoms with Gasteiger partial charge >= 0.3 is 260 Å². The third-order valence-electron chi connectivity index (χ3n) is 9.16. The minimum Gasteiger partial charge on any atom is -0.192 e. The van der Waals surface area contributed by atoms with Crippen LogP contribution in [-0.4, -0.2) is 50.9 Å². The Kier molecular flexibility index (Phi) is 11.8. The number of carbonyl (C=O) groups is 1. The van der Waals surface area contributed by atoms with E-state index >= 15 is 0 Å². The van der Waals surface area contributed by atoms with Crippen LogP contribution in [0.1, 0.15) is 67.6 Å². The van der Waals surface area contributed by atoms with Crippen LogP contribution in [-0.2, 0) is 6.54 Å². The van der Waals surface area contributed by atoms with Gasteiger partial charge in [-0.3, -0.25) is 0 Å². The zero-order valence-electron chi connectivity index (χ0n) is 29.2. The van der Waals surface area contributed by atoms with Crippen LogP contribution in [0.15, 0.2) is 92.4 Å². The second-order valence-electron chi connectivity index (χ2n) is 13.2. The summed E-state index contributed by atoms with van der Waals surface area (Å²) in [5.74, 6) is -1.71. The number of nitriles is 1. The van der Waals surface area contributed by atoms with Gasteiger partial charge in [-0.15, -0.1) is 0 Å². The van der Waals surface area contributed by atoms with Crippen LogP contribution in [0.4, 0.5) is 23.7 Å². The molecule has 9 nitrogen and oxygen atoms in total. The number of quaternary nitrogens is 1. The zero-order chi connectivity index (χ0) is 36.9. The van der Waals surface area contributed by atoms with E-state index in [0.29, 0.717) is 35.5 Å². The number of imidazole rings is 1. The molecule has 270 valence electrons. The fourth-order valence-electron chi connectivity index (χ4n) is 6.79. The first-order valence-electron chi connectivity index (χ1n) is 16.8. The van der Waals surface area contributed by atoms with Gasteiger partial charge < -0.3 is 0 Å². The van der Waals surface area contributed by atoms with Crippen molar-refractivity contribution in [3.63, 3.8) is 0 Å². The number of carbonyl (C=O) groups excluding carboxylic acids is 1. The molecule has 5 rings (SSSR count). The number of hydrazone groups is 1. The van der Waals surface area contributed by atoms with Crippen molar-refractivity contribution in [1.82, 2.24) is 14.5 Å². The summed E-state index contributed by atoms with van der Waals surface area (Å²) in [5.41, 5.74) is 2.39. The molecule has 2 aromatic carbocycles. The quantitative estimate of drug-likeness (QED) is 0.106. The van der Waals surface area contributed by atoms with Gasteiger partial charge in [-0.2, -0.15) is 18.4 Å². The van der Waals surface area contributed by atoms with Crippen LogP contribution in [0.2, 0.25) is 0 Å². The summed E-state index contributed by atoms with van der Waals surface area (Å²) in [6.07, 6.45) is 4.05. The minimum atomic E-state index is -4.46. The topological polar surface area (TPSA) is 95.4 Å². The van der Waals surface area contributed by atoms with Crippen molar-refractivity contribution in [1.29, 1.82) is 5.26 Å². The number of anilines is 1. The van der Waals surface area contributed by atoms with Gasteiger partial charge in [0.05, 0.1) is 11.6 Å². The Labute approximate surface area is 307 Å². The van der Waals surface area contributed by atoms with Crippen molar-refractivity contribution in [2.45, 2.75) is 70.8 Å². The minimum absolute atomic E-state index is 0.202. The summed E-state index contributed by atoms with van der Waals surface area (Å²) in [6, 6.07) is 17.3. The Morgan fingerprint density at radius 3 is 2.47 bits per heavy atom. The van der Waals surface area contributed by atoms with Crippen LogP contribution in [0.5, 0.6) is 0 Å². The second kappa shape index (κ2) is 15.9. The smallest absolute Gasteiger partial charge is 0.192 e. The molecular weight excluding hydrogens is 770 g/mol. The predicted octanol–water partition coefficient (Wildman–Crippen LogP) is 4.66. The van der Waals surface area contributed by atoms with Crippen molar-refractivity contribution in [2.24, 2.45) is 11.0 Å². The Morgan fingerprint density at radius 1 is 1.18 bits per heavy atom. The molecule has 0 fully saturated rings. The Balaban J connectivity index is 1.46. The first kappa shape index (κ1) is 37.8. The van der Waals surface area contributed by atoms with Crippen LogP contribution < -0.4 is 37.5 Å². The molecule has 0 aliphatic heterocycles. The molecule has 0 spiro atoms. The van der Waals surface area contributed by atoms with Crippen molar-refractivity contribution >= 4 is 24.1 Å². The molecule has 2 aliphatic rings. The fourth-order valence-corrected chi connectivity index (χ4v) is 10.0. The number of halogens is 4. The van der Waals surface area contributed by atoms with Crippen LogP contribution in [0, 0.1) is 24.2 Å². The molecule has 3 aromatic rings. The van der Waals surface area contributed by atoms with E-state index in [1.807, 2.05) is 6.07 Å². The summed E-state index contributed by atoms with van der Waals surface area (Å²) in [7, 11) is 4.49. The van der Waals surface area contributed by atoms with Crippen LogP contribution >= 0.6 is 0 Å². The number of amides is 1. The first-order valence-corrected chi connectivity index (χ1v) is 18.8. The molecule has 51 heavy (non-hydrogen) atoms. The van der Waals surface area contributed by atoms with Gasteiger partial charge in [0.25, 0.3) is 0 Å². The van der Waals surface area contributed by atoms with E-state index in [4.69, 9.17) is 0 Å². The van der Waals surface area contributed by atoms with E-state index in [-0.39, 0.29) is 46.1 Å². The van der Waals surface area contributed by atoms with Crippen LogP contribution in [0.3, 0.4) is 0 Å². The monoisotopic (exact) mass is 813 g/mol. The summed E-state index contributed by atoms with van der Waals surface area (Å²) in [6.45, 7) is 8.01.